The summed E-state index contributed by atoms with van der Waals surface area (Å²) in [6.45, 7) is 0.969. The van der Waals surface area contributed by atoms with Gasteiger partial charge in [-0.05, 0) is 43.8 Å². The van der Waals surface area contributed by atoms with Crippen molar-refractivity contribution < 1.29 is 0 Å². The van der Waals surface area contributed by atoms with Crippen molar-refractivity contribution in [1.29, 1.82) is 0 Å². The molecule has 94 valence electrons. The fraction of sp³-hybridized carbons (Fsp3) is 0.583. The number of H-pyrrole nitrogens is 2. The van der Waals surface area contributed by atoms with Crippen molar-refractivity contribution in [3.63, 3.8) is 0 Å². The van der Waals surface area contributed by atoms with Gasteiger partial charge >= 0.3 is 0 Å². The molecule has 2 aromatic heterocycles. The van der Waals surface area contributed by atoms with Crippen LogP contribution in [0.1, 0.15) is 37.4 Å². The van der Waals surface area contributed by atoms with Crippen LogP contribution in [0.4, 0.5) is 0 Å². The van der Waals surface area contributed by atoms with E-state index < -0.39 is 0 Å². The lowest BCUT2D eigenvalue weighted by atomic mass is 10.4. The van der Waals surface area contributed by atoms with Crippen LogP contribution in [0.5, 0.6) is 0 Å². The van der Waals surface area contributed by atoms with Gasteiger partial charge in [-0.2, -0.15) is 0 Å². The summed E-state index contributed by atoms with van der Waals surface area (Å²) >= 11 is 10.7. The standard InChI is InChI=1S/C12H14N4S2/c17-11-8-10(14-9(13-8)7-3-4-7)16(12(18)15-11)5-6-1-2-6/h6-7H,1-5H2,(H,13,14)(H,15,17,18). The average Bonchev–Trinajstić information content (AvgIpc) is 3.24. The van der Waals surface area contributed by atoms with Gasteiger partial charge < -0.3 is 14.5 Å². The second-order valence-corrected chi connectivity index (χ2v) is 6.20. The second kappa shape index (κ2) is 3.74. The highest BCUT2D eigenvalue weighted by Crippen LogP contribution is 2.39. The average molecular weight is 278 g/mol. The first-order chi connectivity index (χ1) is 8.72. The monoisotopic (exact) mass is 278 g/mol. The molecular weight excluding hydrogens is 264 g/mol. The summed E-state index contributed by atoms with van der Waals surface area (Å²) in [5, 5.41) is 0. The van der Waals surface area contributed by atoms with Gasteiger partial charge in [-0.1, -0.05) is 12.2 Å². The van der Waals surface area contributed by atoms with Crippen molar-refractivity contribution >= 4 is 35.6 Å². The number of hydrogen-bond acceptors (Lipinski definition) is 3. The Kier molecular flexibility index (Phi) is 2.26. The predicted molar refractivity (Wildman–Crippen MR) is 74.8 cm³/mol. The molecule has 2 aromatic rings. The number of nitrogens with zero attached hydrogens (tertiary/aromatic N) is 2. The van der Waals surface area contributed by atoms with E-state index in [0.717, 1.165) is 29.5 Å². The van der Waals surface area contributed by atoms with Crippen molar-refractivity contribution in [2.45, 2.75) is 38.1 Å². The maximum atomic E-state index is 5.39. The quantitative estimate of drug-likeness (QED) is 0.846. The van der Waals surface area contributed by atoms with Gasteiger partial charge in [0.1, 0.15) is 16.0 Å². The molecule has 18 heavy (non-hydrogen) atoms. The first-order valence-electron chi connectivity index (χ1n) is 6.45. The van der Waals surface area contributed by atoms with E-state index in [1.165, 1.54) is 25.7 Å². The molecule has 4 nitrogen and oxygen atoms in total. The van der Waals surface area contributed by atoms with Crippen LogP contribution in [0, 0.1) is 15.3 Å². The van der Waals surface area contributed by atoms with Crippen molar-refractivity contribution in [2.24, 2.45) is 5.92 Å². The Labute approximate surface area is 114 Å². The molecule has 0 radical (unpaired) electrons. The molecule has 0 saturated heterocycles. The van der Waals surface area contributed by atoms with E-state index in [9.17, 15) is 0 Å². The highest BCUT2D eigenvalue weighted by Gasteiger charge is 2.28. The Bertz CT molecular complexity index is 731. The minimum absolute atomic E-state index is 0.606. The number of rotatable bonds is 3. The van der Waals surface area contributed by atoms with Gasteiger partial charge in [-0.3, -0.25) is 0 Å². The van der Waals surface area contributed by atoms with E-state index in [1.807, 2.05) is 0 Å². The molecule has 6 heteroatoms. The van der Waals surface area contributed by atoms with Crippen molar-refractivity contribution in [2.75, 3.05) is 0 Å². The van der Waals surface area contributed by atoms with Gasteiger partial charge in [-0.15, -0.1) is 0 Å². The van der Waals surface area contributed by atoms with Crippen LogP contribution in [0.2, 0.25) is 0 Å². The molecule has 2 fully saturated rings. The summed E-state index contributed by atoms with van der Waals surface area (Å²) in [5.41, 5.74) is 1.89. The molecule has 0 atom stereocenters. The summed E-state index contributed by atoms with van der Waals surface area (Å²) in [5.74, 6) is 2.45. The normalized spacial score (nSPS) is 19.6. The third kappa shape index (κ3) is 1.75. The number of nitrogens with one attached hydrogen (secondary N) is 2. The maximum Gasteiger partial charge on any atom is 0.179 e. The van der Waals surface area contributed by atoms with Crippen LogP contribution in [-0.4, -0.2) is 19.5 Å². The minimum atomic E-state index is 0.606. The van der Waals surface area contributed by atoms with Crippen LogP contribution in [-0.2, 0) is 6.54 Å². The highest BCUT2D eigenvalue weighted by molar-refractivity contribution is 7.72. The van der Waals surface area contributed by atoms with E-state index in [-0.39, 0.29) is 0 Å². The van der Waals surface area contributed by atoms with E-state index in [2.05, 4.69) is 14.5 Å². The van der Waals surface area contributed by atoms with Crippen LogP contribution < -0.4 is 0 Å². The van der Waals surface area contributed by atoms with E-state index in [4.69, 9.17) is 29.4 Å². The van der Waals surface area contributed by atoms with Crippen molar-refractivity contribution in [3.8, 4) is 0 Å². The first-order valence-corrected chi connectivity index (χ1v) is 7.27. The Morgan fingerprint density at radius 1 is 1.17 bits per heavy atom. The Morgan fingerprint density at radius 2 is 1.94 bits per heavy atom. The zero-order chi connectivity index (χ0) is 12.3. The second-order valence-electron chi connectivity index (χ2n) is 5.41. The Balaban J connectivity index is 1.95. The molecule has 0 bridgehead atoms. The molecule has 0 spiro atoms. The molecule has 0 amide bonds. The van der Waals surface area contributed by atoms with Gasteiger partial charge in [-0.25, -0.2) is 4.98 Å². The van der Waals surface area contributed by atoms with E-state index >= 15 is 0 Å². The number of imidazole rings is 1. The van der Waals surface area contributed by atoms with Gasteiger partial charge in [0.2, 0.25) is 0 Å². The molecule has 2 saturated carbocycles. The maximum absolute atomic E-state index is 5.39. The molecule has 2 heterocycles. The topological polar surface area (TPSA) is 49.4 Å². The summed E-state index contributed by atoms with van der Waals surface area (Å²) in [6, 6.07) is 0. The van der Waals surface area contributed by atoms with Crippen molar-refractivity contribution in [3.05, 3.63) is 15.2 Å². The Hall–Kier alpha value is -1.01. The third-order valence-electron chi connectivity index (χ3n) is 3.75. The van der Waals surface area contributed by atoms with Crippen LogP contribution in [0.3, 0.4) is 0 Å². The van der Waals surface area contributed by atoms with Crippen molar-refractivity contribution in [1.82, 2.24) is 19.5 Å². The number of aromatic nitrogens is 4. The molecule has 2 aliphatic rings. The number of fused-ring (bicyclic) bond motifs is 1. The molecule has 4 rings (SSSR count). The summed E-state index contributed by atoms with van der Waals surface area (Å²) < 4.78 is 3.50. The molecule has 0 unspecified atom stereocenters. The Morgan fingerprint density at radius 3 is 2.61 bits per heavy atom. The lowest BCUT2D eigenvalue weighted by molar-refractivity contribution is 0.620. The predicted octanol–water partition coefficient (Wildman–Crippen LogP) is 3.44. The lowest BCUT2D eigenvalue weighted by Crippen LogP contribution is -2.06. The molecule has 2 N–H and O–H groups in total. The fourth-order valence-corrected chi connectivity index (χ4v) is 2.90. The number of aromatic amines is 2. The van der Waals surface area contributed by atoms with Crippen LogP contribution >= 0.6 is 24.4 Å². The summed E-state index contributed by atoms with van der Waals surface area (Å²) in [7, 11) is 0. The largest absolute Gasteiger partial charge is 0.338 e. The van der Waals surface area contributed by atoms with Gasteiger partial charge in [0.05, 0.1) is 0 Å². The van der Waals surface area contributed by atoms with E-state index in [1.54, 1.807) is 0 Å². The minimum Gasteiger partial charge on any atom is -0.338 e. The summed E-state index contributed by atoms with van der Waals surface area (Å²) in [4.78, 5) is 11.2. The molecular formula is C12H14N4S2. The highest BCUT2D eigenvalue weighted by atomic mass is 32.1. The SMILES string of the molecule is S=c1[nH]c(=S)n(CC2CC2)c2nc(C3CC3)[nH]c12. The molecule has 2 aliphatic carbocycles. The zero-order valence-electron chi connectivity index (χ0n) is 9.90. The number of hydrogen-bond donors (Lipinski definition) is 2. The third-order valence-corrected chi connectivity index (χ3v) is 4.38. The van der Waals surface area contributed by atoms with Gasteiger partial charge in [0, 0.05) is 12.5 Å². The first kappa shape index (κ1) is 10.9. The smallest absolute Gasteiger partial charge is 0.179 e. The fourth-order valence-electron chi connectivity index (χ4n) is 2.34. The van der Waals surface area contributed by atoms with Crippen LogP contribution in [0.15, 0.2) is 0 Å². The van der Waals surface area contributed by atoms with Gasteiger partial charge in [0.15, 0.2) is 10.4 Å². The summed E-state index contributed by atoms with van der Waals surface area (Å²) in [6.07, 6.45) is 5.08. The van der Waals surface area contributed by atoms with E-state index in [0.29, 0.717) is 15.3 Å². The lowest BCUT2D eigenvalue weighted by Gasteiger charge is -2.06. The molecule has 0 aromatic carbocycles. The van der Waals surface area contributed by atoms with Crippen LogP contribution in [0.25, 0.3) is 11.2 Å². The zero-order valence-corrected chi connectivity index (χ0v) is 11.5. The van der Waals surface area contributed by atoms with Gasteiger partial charge in [0.25, 0.3) is 0 Å². The molecule has 0 aliphatic heterocycles.